The highest BCUT2D eigenvalue weighted by atomic mass is 79.9. The molecule has 0 bridgehead atoms. The number of rotatable bonds is 6. The van der Waals surface area contributed by atoms with Crippen LogP contribution in [-0.2, 0) is 17.9 Å². The van der Waals surface area contributed by atoms with Gasteiger partial charge in [0.2, 0.25) is 0 Å². The van der Waals surface area contributed by atoms with Crippen molar-refractivity contribution >= 4 is 49.9 Å². The number of ether oxygens (including phenoxy) is 1. The fourth-order valence-corrected chi connectivity index (χ4v) is 3.79. The van der Waals surface area contributed by atoms with Gasteiger partial charge < -0.3 is 10.1 Å². The van der Waals surface area contributed by atoms with E-state index in [1.165, 1.54) is 4.90 Å². The monoisotopic (exact) mass is 540 g/mol. The van der Waals surface area contributed by atoms with E-state index in [0.29, 0.717) is 17.9 Å². The maximum absolute atomic E-state index is 12.8. The minimum atomic E-state index is -0.438. The van der Waals surface area contributed by atoms with E-state index in [4.69, 9.17) is 4.74 Å². The van der Waals surface area contributed by atoms with Gasteiger partial charge >= 0.3 is 6.03 Å². The molecule has 0 aromatic heterocycles. The molecule has 0 aliphatic carbocycles. The highest BCUT2D eigenvalue weighted by Gasteiger charge is 2.33. The second-order valence-electron chi connectivity index (χ2n) is 6.96. The minimum absolute atomic E-state index is 0.215. The van der Waals surface area contributed by atoms with Gasteiger partial charge in [0.05, 0.1) is 6.54 Å². The Hall–Kier alpha value is -2.90. The Morgan fingerprint density at radius 2 is 1.58 bits per heavy atom. The van der Waals surface area contributed by atoms with Gasteiger partial charge in [-0.05, 0) is 47.5 Å². The molecule has 1 fully saturated rings. The fourth-order valence-electron chi connectivity index (χ4n) is 3.14. The first kappa shape index (κ1) is 21.3. The van der Waals surface area contributed by atoms with Crippen LogP contribution in [0.25, 0.3) is 6.08 Å². The van der Waals surface area contributed by atoms with E-state index in [2.05, 4.69) is 37.2 Å². The number of carbonyl (C=O) groups excluding carboxylic acids is 2. The summed E-state index contributed by atoms with van der Waals surface area (Å²) in [6.07, 6.45) is 1.65. The second-order valence-corrected chi connectivity index (χ2v) is 8.79. The summed E-state index contributed by atoms with van der Waals surface area (Å²) in [5, 5.41) is 2.67. The molecule has 7 heteroatoms. The molecule has 0 spiro atoms. The Kier molecular flexibility index (Phi) is 6.53. The first-order valence-electron chi connectivity index (χ1n) is 9.55. The SMILES string of the molecule is O=C1N/C(=C/c2cc(Br)ccc2OCc2ccc(Br)cc2)C(=O)N1Cc1ccccc1. The lowest BCUT2D eigenvalue weighted by atomic mass is 10.1. The summed E-state index contributed by atoms with van der Waals surface area (Å²) < 4.78 is 7.84. The lowest BCUT2D eigenvalue weighted by molar-refractivity contribution is -0.123. The first-order chi connectivity index (χ1) is 15.0. The Morgan fingerprint density at radius 1 is 0.871 bits per heavy atom. The highest BCUT2D eigenvalue weighted by Crippen LogP contribution is 2.28. The molecule has 31 heavy (non-hydrogen) atoms. The number of halogens is 2. The molecule has 1 heterocycles. The van der Waals surface area contributed by atoms with Gasteiger partial charge in [-0.1, -0.05) is 74.3 Å². The van der Waals surface area contributed by atoms with E-state index >= 15 is 0 Å². The lowest BCUT2D eigenvalue weighted by Gasteiger charge is -2.12. The van der Waals surface area contributed by atoms with Crippen LogP contribution in [0.5, 0.6) is 5.75 Å². The van der Waals surface area contributed by atoms with E-state index in [9.17, 15) is 9.59 Å². The van der Waals surface area contributed by atoms with Crippen LogP contribution >= 0.6 is 31.9 Å². The van der Waals surface area contributed by atoms with Crippen LogP contribution in [0, 0.1) is 0 Å². The zero-order valence-electron chi connectivity index (χ0n) is 16.3. The van der Waals surface area contributed by atoms with Crippen LogP contribution in [0.3, 0.4) is 0 Å². The van der Waals surface area contributed by atoms with Gasteiger partial charge in [-0.2, -0.15) is 0 Å². The number of amides is 3. The van der Waals surface area contributed by atoms with Crippen molar-refractivity contribution in [2.45, 2.75) is 13.2 Å². The van der Waals surface area contributed by atoms with Crippen molar-refractivity contribution in [2.75, 3.05) is 0 Å². The summed E-state index contributed by atoms with van der Waals surface area (Å²) in [5.41, 5.74) is 2.81. The van der Waals surface area contributed by atoms with Crippen molar-refractivity contribution in [1.82, 2.24) is 10.2 Å². The van der Waals surface area contributed by atoms with Crippen LogP contribution < -0.4 is 10.1 Å². The first-order valence-corrected chi connectivity index (χ1v) is 11.1. The zero-order valence-corrected chi connectivity index (χ0v) is 19.5. The predicted octanol–water partition coefficient (Wildman–Crippen LogP) is 5.88. The lowest BCUT2D eigenvalue weighted by Crippen LogP contribution is -2.30. The van der Waals surface area contributed by atoms with Crippen LogP contribution in [0.4, 0.5) is 4.79 Å². The van der Waals surface area contributed by atoms with Crippen LogP contribution in [-0.4, -0.2) is 16.8 Å². The summed E-state index contributed by atoms with van der Waals surface area (Å²) in [5.74, 6) is 0.245. The molecule has 1 aliphatic rings. The number of urea groups is 1. The number of carbonyl (C=O) groups is 2. The Bertz CT molecular complexity index is 1150. The van der Waals surface area contributed by atoms with Crippen molar-refractivity contribution in [3.63, 3.8) is 0 Å². The molecular formula is C24H18Br2N2O3. The van der Waals surface area contributed by atoms with E-state index < -0.39 is 6.03 Å². The van der Waals surface area contributed by atoms with Gasteiger partial charge in [0.15, 0.2) is 0 Å². The Balaban J connectivity index is 1.54. The number of benzene rings is 3. The van der Waals surface area contributed by atoms with Gasteiger partial charge in [0, 0.05) is 14.5 Å². The zero-order chi connectivity index (χ0) is 21.8. The smallest absolute Gasteiger partial charge is 0.329 e. The molecule has 1 aliphatic heterocycles. The van der Waals surface area contributed by atoms with Gasteiger partial charge in [0.1, 0.15) is 18.1 Å². The van der Waals surface area contributed by atoms with Crippen molar-refractivity contribution in [3.8, 4) is 5.75 Å². The van der Waals surface area contributed by atoms with Crippen molar-refractivity contribution < 1.29 is 14.3 Å². The molecule has 3 aromatic carbocycles. The van der Waals surface area contributed by atoms with E-state index in [0.717, 1.165) is 20.1 Å². The average Bonchev–Trinajstić information content (AvgIpc) is 3.02. The molecule has 0 unspecified atom stereocenters. The molecule has 4 rings (SSSR count). The van der Waals surface area contributed by atoms with Gasteiger partial charge in [-0.15, -0.1) is 0 Å². The van der Waals surface area contributed by atoms with Gasteiger partial charge in [-0.25, -0.2) is 4.79 Å². The third-order valence-electron chi connectivity index (χ3n) is 4.73. The van der Waals surface area contributed by atoms with Crippen molar-refractivity contribution in [3.05, 3.63) is 104 Å². The molecule has 0 radical (unpaired) electrons. The molecule has 1 saturated heterocycles. The largest absolute Gasteiger partial charge is 0.488 e. The van der Waals surface area contributed by atoms with Crippen molar-refractivity contribution in [2.24, 2.45) is 0 Å². The van der Waals surface area contributed by atoms with Gasteiger partial charge in [-0.3, -0.25) is 9.69 Å². The normalized spacial score (nSPS) is 14.8. The summed E-state index contributed by atoms with van der Waals surface area (Å²) in [6, 6.07) is 22.4. The maximum Gasteiger partial charge on any atom is 0.329 e. The number of nitrogens with one attached hydrogen (secondary N) is 1. The topological polar surface area (TPSA) is 58.6 Å². The van der Waals surface area contributed by atoms with E-state index in [-0.39, 0.29) is 18.1 Å². The minimum Gasteiger partial charge on any atom is -0.488 e. The van der Waals surface area contributed by atoms with Crippen molar-refractivity contribution in [1.29, 1.82) is 0 Å². The van der Waals surface area contributed by atoms with E-state index in [1.807, 2.05) is 72.8 Å². The molecule has 3 amide bonds. The number of hydrogen-bond acceptors (Lipinski definition) is 3. The summed E-state index contributed by atoms with van der Waals surface area (Å²) >= 11 is 6.88. The third-order valence-corrected chi connectivity index (χ3v) is 5.75. The number of nitrogens with zero attached hydrogens (tertiary/aromatic N) is 1. The van der Waals surface area contributed by atoms with Crippen LogP contribution in [0.15, 0.2) is 87.4 Å². The molecular weight excluding hydrogens is 524 g/mol. The van der Waals surface area contributed by atoms with Crippen LogP contribution in [0.2, 0.25) is 0 Å². The molecule has 156 valence electrons. The number of hydrogen-bond donors (Lipinski definition) is 1. The quantitative estimate of drug-likeness (QED) is 0.313. The van der Waals surface area contributed by atoms with E-state index in [1.54, 1.807) is 6.08 Å². The third kappa shape index (κ3) is 5.24. The molecule has 5 nitrogen and oxygen atoms in total. The molecule has 0 saturated carbocycles. The predicted molar refractivity (Wildman–Crippen MR) is 126 cm³/mol. The summed E-state index contributed by atoms with van der Waals surface area (Å²) in [4.78, 5) is 26.4. The Morgan fingerprint density at radius 3 is 2.32 bits per heavy atom. The standard InChI is InChI=1S/C24H18Br2N2O3/c25-19-8-6-17(7-9-19)15-31-22-11-10-20(26)12-18(22)13-21-23(29)28(24(30)27-21)14-16-4-2-1-3-5-16/h1-13H,14-15H2,(H,27,30)/b21-13+. The average molecular weight is 542 g/mol. The molecule has 0 atom stereocenters. The maximum atomic E-state index is 12.8. The van der Waals surface area contributed by atoms with Gasteiger partial charge in [0.25, 0.3) is 5.91 Å². The highest BCUT2D eigenvalue weighted by molar-refractivity contribution is 9.10. The molecule has 3 aromatic rings. The molecule has 1 N–H and O–H groups in total. The fraction of sp³-hybridized carbons (Fsp3) is 0.0833. The summed E-state index contributed by atoms with van der Waals surface area (Å²) in [6.45, 7) is 0.597. The summed E-state index contributed by atoms with van der Waals surface area (Å²) in [7, 11) is 0. The number of imide groups is 1. The Labute approximate surface area is 197 Å². The second kappa shape index (κ2) is 9.49. The van der Waals surface area contributed by atoms with Crippen LogP contribution in [0.1, 0.15) is 16.7 Å².